The van der Waals surface area contributed by atoms with Crippen LogP contribution in [0.3, 0.4) is 0 Å². The van der Waals surface area contributed by atoms with Crippen molar-refractivity contribution < 1.29 is 0 Å². The lowest BCUT2D eigenvalue weighted by Gasteiger charge is -2.27. The summed E-state index contributed by atoms with van der Waals surface area (Å²) in [6.07, 6.45) is 0. The molecule has 0 saturated carbocycles. The number of fused-ring (bicyclic) bond motifs is 5. The average molecular weight is 680 g/mol. The molecule has 0 spiro atoms. The van der Waals surface area contributed by atoms with E-state index in [2.05, 4.69) is 205 Å². The van der Waals surface area contributed by atoms with Gasteiger partial charge in [0.1, 0.15) is 0 Å². The Bertz CT molecular complexity index is 2890. The van der Waals surface area contributed by atoms with Crippen molar-refractivity contribution >= 4 is 70.1 Å². The van der Waals surface area contributed by atoms with Crippen LogP contribution in [0.25, 0.3) is 75.1 Å². The van der Waals surface area contributed by atoms with Crippen molar-refractivity contribution in [2.24, 2.45) is 0 Å². The zero-order valence-corrected chi connectivity index (χ0v) is 29.2. The number of anilines is 3. The molecule has 9 aromatic carbocycles. The lowest BCUT2D eigenvalue weighted by molar-refractivity contribution is 1.30. The second-order valence-corrected chi connectivity index (χ2v) is 14.5. The highest BCUT2D eigenvalue weighted by atomic mass is 32.1. The summed E-state index contributed by atoms with van der Waals surface area (Å²) in [6, 6.07) is 73.0. The third-order valence-corrected chi connectivity index (χ3v) is 11.4. The molecule has 0 aliphatic carbocycles. The highest BCUT2D eigenvalue weighted by Crippen LogP contribution is 2.45. The Kier molecular flexibility index (Phi) is 7.41. The van der Waals surface area contributed by atoms with Crippen LogP contribution in [0, 0.1) is 0 Å². The highest BCUT2D eigenvalue weighted by molar-refractivity contribution is 7.26. The predicted octanol–water partition coefficient (Wildman–Crippen LogP) is 14.8. The summed E-state index contributed by atoms with van der Waals surface area (Å²) in [5.74, 6) is 0. The molecule has 0 radical (unpaired) electrons. The van der Waals surface area contributed by atoms with E-state index in [1.807, 2.05) is 11.3 Å². The van der Waals surface area contributed by atoms with Crippen LogP contribution in [0.2, 0.25) is 0 Å². The molecule has 10 rings (SSSR count). The molecule has 1 aromatic heterocycles. The van der Waals surface area contributed by atoms with Crippen LogP contribution in [-0.4, -0.2) is 0 Å². The number of thiophene rings is 1. The Morgan fingerprint density at radius 2 is 0.769 bits per heavy atom. The zero-order valence-electron chi connectivity index (χ0n) is 28.4. The Morgan fingerprint density at radius 1 is 0.308 bits per heavy atom. The van der Waals surface area contributed by atoms with Crippen LogP contribution < -0.4 is 4.90 Å². The van der Waals surface area contributed by atoms with Crippen LogP contribution in [0.15, 0.2) is 200 Å². The first-order valence-electron chi connectivity index (χ1n) is 17.7. The molecule has 244 valence electrons. The Labute approximate surface area is 307 Å². The minimum atomic E-state index is 1.12. The molecule has 0 saturated heterocycles. The summed E-state index contributed by atoms with van der Waals surface area (Å²) in [7, 11) is 0. The molecule has 1 heterocycles. The number of benzene rings is 9. The molecule has 0 N–H and O–H groups in total. The lowest BCUT2D eigenvalue weighted by atomic mass is 9.96. The predicted molar refractivity (Wildman–Crippen MR) is 225 cm³/mol. The fourth-order valence-corrected chi connectivity index (χ4v) is 8.71. The minimum absolute atomic E-state index is 1.12. The van der Waals surface area contributed by atoms with Gasteiger partial charge in [-0.25, -0.2) is 0 Å². The van der Waals surface area contributed by atoms with Crippen LogP contribution in [0.5, 0.6) is 0 Å². The van der Waals surface area contributed by atoms with Gasteiger partial charge in [0.2, 0.25) is 0 Å². The fourth-order valence-electron chi connectivity index (χ4n) is 7.58. The Morgan fingerprint density at radius 3 is 1.44 bits per heavy atom. The monoisotopic (exact) mass is 679 g/mol. The molecule has 0 amide bonds. The smallest absolute Gasteiger partial charge is 0.0554 e. The van der Waals surface area contributed by atoms with Crippen molar-refractivity contribution in [1.29, 1.82) is 0 Å². The van der Waals surface area contributed by atoms with Crippen molar-refractivity contribution in [1.82, 2.24) is 0 Å². The topological polar surface area (TPSA) is 3.24 Å². The summed E-state index contributed by atoms with van der Waals surface area (Å²) >= 11 is 1.86. The third-order valence-electron chi connectivity index (χ3n) is 10.2. The van der Waals surface area contributed by atoms with Crippen LogP contribution in [0.4, 0.5) is 17.1 Å². The standard InChI is InChI=1S/C50H33NS/c1-2-9-34(10-3-1)36-23-27-44(28-24-36)51(47-14-8-16-49-50(47)46-13-6-7-15-48(46)52-49)45-29-25-37(26-30-45)39-19-20-42-33-43(22-21-41(42)32-39)40-18-17-35-11-4-5-12-38(35)31-40/h1-33H. The van der Waals surface area contributed by atoms with Gasteiger partial charge in [0.25, 0.3) is 0 Å². The Balaban J connectivity index is 1.03. The van der Waals surface area contributed by atoms with E-state index in [1.54, 1.807) is 0 Å². The molecule has 0 bridgehead atoms. The van der Waals surface area contributed by atoms with Crippen molar-refractivity contribution in [3.05, 3.63) is 200 Å². The summed E-state index contributed by atoms with van der Waals surface area (Å²) in [4.78, 5) is 2.41. The Hall–Kier alpha value is -6.48. The molecule has 1 nitrogen and oxygen atoms in total. The summed E-state index contributed by atoms with van der Waals surface area (Å²) < 4.78 is 2.60. The van der Waals surface area contributed by atoms with Gasteiger partial charge in [-0.15, -0.1) is 11.3 Å². The van der Waals surface area contributed by atoms with E-state index in [0.717, 1.165) is 11.4 Å². The maximum absolute atomic E-state index is 2.41. The normalized spacial score (nSPS) is 11.5. The van der Waals surface area contributed by atoms with Crippen molar-refractivity contribution in [3.8, 4) is 33.4 Å². The molecule has 0 fully saturated rings. The molecular weight excluding hydrogens is 647 g/mol. The van der Waals surface area contributed by atoms with Gasteiger partial charge in [0.15, 0.2) is 0 Å². The van der Waals surface area contributed by atoms with E-state index in [1.165, 1.54) is 80.8 Å². The second kappa shape index (κ2) is 12.7. The zero-order chi connectivity index (χ0) is 34.4. The summed E-state index contributed by atoms with van der Waals surface area (Å²) in [5.41, 5.74) is 10.7. The van der Waals surface area contributed by atoms with Crippen molar-refractivity contribution in [2.75, 3.05) is 4.90 Å². The van der Waals surface area contributed by atoms with E-state index in [0.29, 0.717) is 0 Å². The maximum atomic E-state index is 2.41. The highest BCUT2D eigenvalue weighted by Gasteiger charge is 2.19. The quantitative estimate of drug-likeness (QED) is 0.169. The van der Waals surface area contributed by atoms with Gasteiger partial charge in [-0.2, -0.15) is 0 Å². The largest absolute Gasteiger partial charge is 0.310 e. The SMILES string of the molecule is c1ccc(-c2ccc(N(c3ccc(-c4ccc5cc(-c6ccc7ccccc7c6)ccc5c4)cc3)c3cccc4sc5ccccc5c34)cc2)cc1. The van der Waals surface area contributed by atoms with Crippen LogP contribution in [0.1, 0.15) is 0 Å². The van der Waals surface area contributed by atoms with E-state index < -0.39 is 0 Å². The maximum Gasteiger partial charge on any atom is 0.0554 e. The van der Waals surface area contributed by atoms with Gasteiger partial charge in [0, 0.05) is 31.5 Å². The molecule has 0 aliphatic rings. The number of hydrogen-bond donors (Lipinski definition) is 0. The molecule has 0 atom stereocenters. The van der Waals surface area contributed by atoms with Gasteiger partial charge in [-0.05, 0) is 116 Å². The first-order valence-corrected chi connectivity index (χ1v) is 18.6. The first kappa shape index (κ1) is 30.4. The number of rotatable bonds is 6. The van der Waals surface area contributed by atoms with E-state index in [-0.39, 0.29) is 0 Å². The molecule has 52 heavy (non-hydrogen) atoms. The molecule has 10 aromatic rings. The van der Waals surface area contributed by atoms with Gasteiger partial charge in [0.05, 0.1) is 5.69 Å². The fraction of sp³-hybridized carbons (Fsp3) is 0. The van der Waals surface area contributed by atoms with Crippen molar-refractivity contribution in [3.63, 3.8) is 0 Å². The third kappa shape index (κ3) is 5.42. The van der Waals surface area contributed by atoms with Crippen LogP contribution in [-0.2, 0) is 0 Å². The minimum Gasteiger partial charge on any atom is -0.310 e. The van der Waals surface area contributed by atoms with E-state index in [4.69, 9.17) is 0 Å². The van der Waals surface area contributed by atoms with Gasteiger partial charge in [-0.1, -0.05) is 140 Å². The second-order valence-electron chi connectivity index (χ2n) is 13.4. The van der Waals surface area contributed by atoms with E-state index in [9.17, 15) is 0 Å². The number of hydrogen-bond acceptors (Lipinski definition) is 2. The summed E-state index contributed by atoms with van der Waals surface area (Å²) in [6.45, 7) is 0. The van der Waals surface area contributed by atoms with Crippen LogP contribution >= 0.6 is 11.3 Å². The van der Waals surface area contributed by atoms with Gasteiger partial charge < -0.3 is 4.90 Å². The average Bonchev–Trinajstić information content (AvgIpc) is 3.61. The molecule has 2 heteroatoms. The first-order chi connectivity index (χ1) is 25.7. The van der Waals surface area contributed by atoms with Gasteiger partial charge in [-0.3, -0.25) is 0 Å². The van der Waals surface area contributed by atoms with Gasteiger partial charge >= 0.3 is 0 Å². The number of nitrogens with zero attached hydrogens (tertiary/aromatic N) is 1. The molecular formula is C50H33NS. The van der Waals surface area contributed by atoms with E-state index >= 15 is 0 Å². The molecule has 0 aliphatic heterocycles. The lowest BCUT2D eigenvalue weighted by Crippen LogP contribution is -2.10. The van der Waals surface area contributed by atoms with Crippen molar-refractivity contribution in [2.45, 2.75) is 0 Å². The summed E-state index contributed by atoms with van der Waals surface area (Å²) in [5, 5.41) is 7.60. The molecule has 0 unspecified atom stereocenters.